The van der Waals surface area contributed by atoms with Crippen LogP contribution in [0.15, 0.2) is 26.9 Å². The average molecular weight is 372 g/mol. The van der Waals surface area contributed by atoms with E-state index in [1.165, 1.54) is 23.1 Å². The van der Waals surface area contributed by atoms with E-state index in [1.807, 2.05) is 32.0 Å². The summed E-state index contributed by atoms with van der Waals surface area (Å²) in [6, 6.07) is 5.73. The van der Waals surface area contributed by atoms with Gasteiger partial charge in [-0.1, -0.05) is 27.3 Å². The van der Waals surface area contributed by atoms with E-state index in [0.717, 1.165) is 25.6 Å². The van der Waals surface area contributed by atoms with Gasteiger partial charge in [0.15, 0.2) is 5.13 Å². The molecule has 0 bridgehead atoms. The number of halogens is 1. The van der Waals surface area contributed by atoms with E-state index >= 15 is 0 Å². The van der Waals surface area contributed by atoms with E-state index in [9.17, 15) is 4.79 Å². The predicted molar refractivity (Wildman–Crippen MR) is 89.5 cm³/mol. The molecule has 0 radical (unpaired) electrons. The van der Waals surface area contributed by atoms with Crippen LogP contribution < -0.4 is 11.1 Å². The van der Waals surface area contributed by atoms with Gasteiger partial charge in [-0.3, -0.25) is 4.79 Å². The van der Waals surface area contributed by atoms with Crippen LogP contribution in [-0.2, 0) is 4.79 Å². The Balaban J connectivity index is 1.92. The van der Waals surface area contributed by atoms with Gasteiger partial charge in [-0.2, -0.15) is 0 Å². The van der Waals surface area contributed by atoms with E-state index in [2.05, 4.69) is 26.2 Å². The molecule has 1 amide bonds. The van der Waals surface area contributed by atoms with Gasteiger partial charge in [0, 0.05) is 10.2 Å². The van der Waals surface area contributed by atoms with Gasteiger partial charge < -0.3 is 11.1 Å². The van der Waals surface area contributed by atoms with E-state index in [4.69, 9.17) is 5.73 Å². The smallest absolute Gasteiger partial charge is 0.234 e. The van der Waals surface area contributed by atoms with Crippen molar-refractivity contribution in [3.8, 4) is 0 Å². The SMILES string of the molecule is Cc1cc(NC(=O)CSc2sc(N)nc2C)ccc1Br. The second-order valence-corrected chi connectivity index (χ2v) is 7.35. The molecule has 20 heavy (non-hydrogen) atoms. The molecule has 106 valence electrons. The number of thioether (sulfide) groups is 1. The van der Waals surface area contributed by atoms with Gasteiger partial charge in [-0.05, 0) is 37.6 Å². The van der Waals surface area contributed by atoms with Gasteiger partial charge in [0.25, 0.3) is 0 Å². The first-order valence-corrected chi connectivity index (χ1v) is 8.47. The average Bonchev–Trinajstić information content (AvgIpc) is 2.70. The molecule has 1 aromatic carbocycles. The van der Waals surface area contributed by atoms with Crippen LogP contribution in [0.25, 0.3) is 0 Å². The first-order valence-electron chi connectivity index (χ1n) is 5.87. The number of nitrogens with one attached hydrogen (secondary N) is 1. The molecule has 0 saturated heterocycles. The Bertz CT molecular complexity index is 643. The number of aromatic nitrogens is 1. The van der Waals surface area contributed by atoms with E-state index in [0.29, 0.717) is 10.9 Å². The molecular formula is C13H14BrN3OS2. The molecule has 0 atom stereocenters. The van der Waals surface area contributed by atoms with Crippen molar-refractivity contribution in [2.24, 2.45) is 0 Å². The number of benzene rings is 1. The molecule has 0 saturated carbocycles. The second-order valence-electron chi connectivity index (χ2n) is 4.23. The van der Waals surface area contributed by atoms with E-state index in [1.54, 1.807) is 0 Å². The number of hydrogen-bond donors (Lipinski definition) is 2. The Morgan fingerprint density at radius 3 is 2.85 bits per heavy atom. The number of amides is 1. The third kappa shape index (κ3) is 3.97. The number of anilines is 2. The molecular weight excluding hydrogens is 358 g/mol. The highest BCUT2D eigenvalue weighted by Crippen LogP contribution is 2.30. The topological polar surface area (TPSA) is 68.0 Å². The Hall–Kier alpha value is -1.05. The van der Waals surface area contributed by atoms with Gasteiger partial charge in [0.2, 0.25) is 5.91 Å². The molecule has 0 spiro atoms. The zero-order chi connectivity index (χ0) is 14.7. The van der Waals surface area contributed by atoms with Crippen molar-refractivity contribution in [3.05, 3.63) is 33.9 Å². The van der Waals surface area contributed by atoms with Gasteiger partial charge in [-0.15, -0.1) is 11.8 Å². The molecule has 3 N–H and O–H groups in total. The number of nitrogen functional groups attached to an aromatic ring is 1. The maximum absolute atomic E-state index is 11.9. The van der Waals surface area contributed by atoms with Crippen molar-refractivity contribution >= 4 is 55.8 Å². The molecule has 0 aliphatic heterocycles. The standard InChI is InChI=1S/C13H14BrN3OS2/c1-7-5-9(3-4-10(7)14)17-11(18)6-19-12-8(2)16-13(15)20-12/h3-5H,6H2,1-2H3,(H2,15,16)(H,17,18). The van der Waals surface area contributed by atoms with Crippen molar-refractivity contribution in [1.29, 1.82) is 0 Å². The minimum atomic E-state index is -0.0388. The monoisotopic (exact) mass is 371 g/mol. The summed E-state index contributed by atoms with van der Waals surface area (Å²) in [5, 5.41) is 3.41. The lowest BCUT2D eigenvalue weighted by Gasteiger charge is -2.06. The summed E-state index contributed by atoms with van der Waals surface area (Å²) in [5.41, 5.74) is 8.40. The van der Waals surface area contributed by atoms with E-state index in [-0.39, 0.29) is 5.91 Å². The third-order valence-corrected chi connectivity index (χ3v) is 5.79. The highest BCUT2D eigenvalue weighted by atomic mass is 79.9. The Labute approximate surface area is 134 Å². The molecule has 7 heteroatoms. The highest BCUT2D eigenvalue weighted by molar-refractivity contribution is 9.10. The Morgan fingerprint density at radius 1 is 1.50 bits per heavy atom. The number of carbonyl (C=O) groups excluding carboxylic acids is 1. The Kier molecular flexibility index (Phi) is 5.06. The first kappa shape index (κ1) is 15.3. The summed E-state index contributed by atoms with van der Waals surface area (Å²) < 4.78 is 2.02. The summed E-state index contributed by atoms with van der Waals surface area (Å²) in [4.78, 5) is 16.0. The second kappa shape index (κ2) is 6.60. The lowest BCUT2D eigenvalue weighted by molar-refractivity contribution is -0.113. The van der Waals surface area contributed by atoms with E-state index < -0.39 is 0 Å². The largest absolute Gasteiger partial charge is 0.375 e. The number of nitrogens with two attached hydrogens (primary N) is 1. The van der Waals surface area contributed by atoms with Crippen LogP contribution in [0.1, 0.15) is 11.3 Å². The van der Waals surface area contributed by atoms with Crippen molar-refractivity contribution in [2.45, 2.75) is 18.1 Å². The third-order valence-electron chi connectivity index (χ3n) is 2.55. The zero-order valence-corrected chi connectivity index (χ0v) is 14.3. The fourth-order valence-electron chi connectivity index (χ4n) is 1.59. The summed E-state index contributed by atoms with van der Waals surface area (Å²) >= 11 is 6.30. The molecule has 0 aliphatic rings. The van der Waals surface area contributed by atoms with Crippen LogP contribution in [-0.4, -0.2) is 16.6 Å². The Morgan fingerprint density at radius 2 is 2.25 bits per heavy atom. The number of aryl methyl sites for hydroxylation is 2. The normalized spacial score (nSPS) is 10.6. The minimum absolute atomic E-state index is 0.0388. The van der Waals surface area contributed by atoms with Crippen LogP contribution in [0.5, 0.6) is 0 Å². The minimum Gasteiger partial charge on any atom is -0.375 e. The van der Waals surface area contributed by atoms with Gasteiger partial charge >= 0.3 is 0 Å². The molecule has 1 heterocycles. The van der Waals surface area contributed by atoms with Gasteiger partial charge in [0.05, 0.1) is 15.7 Å². The van der Waals surface area contributed by atoms with Crippen LogP contribution in [0.2, 0.25) is 0 Å². The molecule has 4 nitrogen and oxygen atoms in total. The van der Waals surface area contributed by atoms with Crippen LogP contribution >= 0.6 is 39.0 Å². The quantitative estimate of drug-likeness (QED) is 0.801. The maximum Gasteiger partial charge on any atom is 0.234 e. The number of nitrogens with zero attached hydrogens (tertiary/aromatic N) is 1. The predicted octanol–water partition coefficient (Wildman–Crippen LogP) is 3.84. The number of carbonyl (C=O) groups is 1. The molecule has 0 aliphatic carbocycles. The van der Waals surface area contributed by atoms with Crippen LogP contribution in [0.3, 0.4) is 0 Å². The maximum atomic E-state index is 11.9. The summed E-state index contributed by atoms with van der Waals surface area (Å²) in [5.74, 6) is 0.306. The fraction of sp³-hybridized carbons (Fsp3) is 0.231. The fourth-order valence-corrected chi connectivity index (χ4v) is 3.66. The molecule has 0 unspecified atom stereocenters. The van der Waals surface area contributed by atoms with Crippen LogP contribution in [0, 0.1) is 13.8 Å². The molecule has 0 fully saturated rings. The molecule has 1 aromatic heterocycles. The zero-order valence-electron chi connectivity index (χ0n) is 11.1. The van der Waals surface area contributed by atoms with Crippen molar-refractivity contribution in [3.63, 3.8) is 0 Å². The summed E-state index contributed by atoms with van der Waals surface area (Å²) in [6.07, 6.45) is 0. The van der Waals surface area contributed by atoms with Crippen molar-refractivity contribution in [1.82, 2.24) is 4.98 Å². The van der Waals surface area contributed by atoms with Crippen LogP contribution in [0.4, 0.5) is 10.8 Å². The molecule has 2 rings (SSSR count). The van der Waals surface area contributed by atoms with Crippen molar-refractivity contribution in [2.75, 3.05) is 16.8 Å². The van der Waals surface area contributed by atoms with Crippen molar-refractivity contribution < 1.29 is 4.79 Å². The highest BCUT2D eigenvalue weighted by Gasteiger charge is 2.09. The van der Waals surface area contributed by atoms with Gasteiger partial charge in [0.1, 0.15) is 0 Å². The molecule has 2 aromatic rings. The van der Waals surface area contributed by atoms with Gasteiger partial charge in [-0.25, -0.2) is 4.98 Å². The number of hydrogen-bond acceptors (Lipinski definition) is 5. The number of rotatable bonds is 4. The summed E-state index contributed by atoms with van der Waals surface area (Å²) in [7, 11) is 0. The summed E-state index contributed by atoms with van der Waals surface area (Å²) in [6.45, 7) is 3.88. The first-order chi connectivity index (χ1) is 9.45. The number of thiazole rings is 1. The lowest BCUT2D eigenvalue weighted by atomic mass is 10.2. The lowest BCUT2D eigenvalue weighted by Crippen LogP contribution is -2.14.